The third-order valence-electron chi connectivity index (χ3n) is 4.74. The minimum atomic E-state index is -3.53. The average Bonchev–Trinajstić information content (AvgIpc) is 3.09. The normalized spacial score (nSPS) is 15.9. The molecule has 0 radical (unpaired) electrons. The van der Waals surface area contributed by atoms with Crippen molar-refractivity contribution in [2.75, 3.05) is 37.7 Å². The number of nitrogens with zero attached hydrogens (tertiary/aromatic N) is 6. The van der Waals surface area contributed by atoms with Crippen LogP contribution in [0.25, 0.3) is 5.65 Å². The first-order valence-corrected chi connectivity index (χ1v) is 10.6. The SMILES string of the molecule is CCOc1ccc(S(=O)(=O)N2CCN(c3ccc4nnc(C)n4n3)CC2)cc1. The van der Waals surface area contributed by atoms with Gasteiger partial charge in [0, 0.05) is 26.2 Å². The van der Waals surface area contributed by atoms with Gasteiger partial charge in [0.25, 0.3) is 0 Å². The number of benzene rings is 1. The predicted octanol–water partition coefficient (Wildman–Crippen LogP) is 1.34. The van der Waals surface area contributed by atoms with Crippen LogP contribution in [0.2, 0.25) is 0 Å². The van der Waals surface area contributed by atoms with Crippen molar-refractivity contribution in [1.29, 1.82) is 0 Å². The maximum atomic E-state index is 12.9. The number of aryl methyl sites for hydroxylation is 1. The van der Waals surface area contributed by atoms with Crippen LogP contribution in [0.5, 0.6) is 5.75 Å². The van der Waals surface area contributed by atoms with Gasteiger partial charge < -0.3 is 9.64 Å². The molecule has 0 bridgehead atoms. The zero-order valence-corrected chi connectivity index (χ0v) is 16.6. The van der Waals surface area contributed by atoms with Crippen molar-refractivity contribution in [3.05, 3.63) is 42.2 Å². The quantitative estimate of drug-likeness (QED) is 0.636. The van der Waals surface area contributed by atoms with Crippen LogP contribution in [-0.4, -0.2) is 65.3 Å². The Morgan fingerprint density at radius 1 is 1.00 bits per heavy atom. The van der Waals surface area contributed by atoms with E-state index in [1.165, 1.54) is 4.31 Å². The summed E-state index contributed by atoms with van der Waals surface area (Å²) in [5.41, 5.74) is 0.693. The summed E-state index contributed by atoms with van der Waals surface area (Å²) in [4.78, 5) is 2.35. The van der Waals surface area contributed by atoms with Crippen molar-refractivity contribution in [3.8, 4) is 5.75 Å². The van der Waals surface area contributed by atoms with Crippen LogP contribution in [0.15, 0.2) is 41.3 Å². The van der Waals surface area contributed by atoms with Crippen molar-refractivity contribution in [1.82, 2.24) is 24.1 Å². The van der Waals surface area contributed by atoms with E-state index in [-0.39, 0.29) is 4.90 Å². The van der Waals surface area contributed by atoms with Crippen LogP contribution < -0.4 is 9.64 Å². The molecule has 1 fully saturated rings. The number of anilines is 1. The summed E-state index contributed by atoms with van der Waals surface area (Å²) < 4.78 is 34.4. The molecule has 1 aliphatic rings. The Morgan fingerprint density at radius 2 is 1.71 bits per heavy atom. The first-order valence-electron chi connectivity index (χ1n) is 9.16. The van der Waals surface area contributed by atoms with Gasteiger partial charge in [-0.2, -0.15) is 8.82 Å². The predicted molar refractivity (Wildman–Crippen MR) is 104 cm³/mol. The molecular weight excluding hydrogens is 380 g/mol. The fourth-order valence-electron chi connectivity index (χ4n) is 3.24. The molecule has 3 aromatic rings. The Kier molecular flexibility index (Phi) is 4.90. The van der Waals surface area contributed by atoms with Gasteiger partial charge in [0.2, 0.25) is 10.0 Å². The molecule has 148 valence electrons. The monoisotopic (exact) mass is 402 g/mol. The van der Waals surface area contributed by atoms with Crippen LogP contribution in [0.4, 0.5) is 5.82 Å². The third-order valence-corrected chi connectivity index (χ3v) is 6.65. The second kappa shape index (κ2) is 7.36. The summed E-state index contributed by atoms with van der Waals surface area (Å²) in [5.74, 6) is 2.17. The van der Waals surface area contributed by atoms with Crippen molar-refractivity contribution < 1.29 is 13.2 Å². The molecule has 0 amide bonds. The Bertz CT molecular complexity index is 1070. The zero-order valence-electron chi connectivity index (χ0n) is 15.8. The number of sulfonamides is 1. The summed E-state index contributed by atoms with van der Waals surface area (Å²) in [5, 5.41) is 12.6. The minimum Gasteiger partial charge on any atom is -0.494 e. The van der Waals surface area contributed by atoms with Gasteiger partial charge in [0.15, 0.2) is 11.5 Å². The van der Waals surface area contributed by atoms with E-state index in [9.17, 15) is 8.42 Å². The Balaban J connectivity index is 1.47. The van der Waals surface area contributed by atoms with Crippen LogP contribution in [-0.2, 0) is 10.0 Å². The first kappa shape index (κ1) is 18.6. The number of fused-ring (bicyclic) bond motifs is 1. The molecule has 0 N–H and O–H groups in total. The highest BCUT2D eigenvalue weighted by atomic mass is 32.2. The molecule has 0 atom stereocenters. The molecule has 2 aromatic heterocycles. The van der Waals surface area contributed by atoms with Crippen LogP contribution in [0, 0.1) is 6.92 Å². The fourth-order valence-corrected chi connectivity index (χ4v) is 4.66. The van der Waals surface area contributed by atoms with E-state index in [1.54, 1.807) is 28.8 Å². The third kappa shape index (κ3) is 3.40. The molecule has 1 saturated heterocycles. The van der Waals surface area contributed by atoms with Crippen molar-refractivity contribution in [2.24, 2.45) is 0 Å². The van der Waals surface area contributed by atoms with E-state index in [0.29, 0.717) is 50.0 Å². The summed E-state index contributed by atoms with van der Waals surface area (Å²) >= 11 is 0. The lowest BCUT2D eigenvalue weighted by Crippen LogP contribution is -2.49. The highest BCUT2D eigenvalue weighted by Gasteiger charge is 2.29. The van der Waals surface area contributed by atoms with E-state index in [1.807, 2.05) is 26.0 Å². The number of aromatic nitrogens is 4. The van der Waals surface area contributed by atoms with Gasteiger partial charge in [-0.15, -0.1) is 15.3 Å². The van der Waals surface area contributed by atoms with Gasteiger partial charge in [0.1, 0.15) is 11.6 Å². The first-order chi connectivity index (χ1) is 13.5. The largest absolute Gasteiger partial charge is 0.494 e. The molecule has 28 heavy (non-hydrogen) atoms. The number of hydrogen-bond donors (Lipinski definition) is 0. The lowest BCUT2D eigenvalue weighted by molar-refractivity contribution is 0.340. The summed E-state index contributed by atoms with van der Waals surface area (Å²) in [6, 6.07) is 10.3. The standard InChI is InChI=1S/C18H22N6O3S/c1-3-27-15-4-6-16(7-5-15)28(25,26)23-12-10-22(11-13-23)18-9-8-17-20-19-14(2)24(17)21-18/h4-9H,3,10-13H2,1-2H3. The number of rotatable bonds is 5. The maximum Gasteiger partial charge on any atom is 0.243 e. The van der Waals surface area contributed by atoms with Gasteiger partial charge >= 0.3 is 0 Å². The molecule has 0 saturated carbocycles. The van der Waals surface area contributed by atoms with Crippen LogP contribution in [0.1, 0.15) is 12.7 Å². The van der Waals surface area contributed by atoms with Gasteiger partial charge in [-0.1, -0.05) is 0 Å². The summed E-state index contributed by atoms with van der Waals surface area (Å²) in [6.07, 6.45) is 0. The van der Waals surface area contributed by atoms with E-state index in [4.69, 9.17) is 4.74 Å². The average molecular weight is 402 g/mol. The molecule has 1 aromatic carbocycles. The van der Waals surface area contributed by atoms with Gasteiger partial charge in [0.05, 0.1) is 11.5 Å². The second-order valence-electron chi connectivity index (χ2n) is 6.50. The van der Waals surface area contributed by atoms with Gasteiger partial charge in [-0.25, -0.2) is 8.42 Å². The molecule has 4 rings (SSSR count). The topological polar surface area (TPSA) is 92.9 Å². The molecule has 0 spiro atoms. The molecule has 3 heterocycles. The Hall–Kier alpha value is -2.72. The Labute approximate surface area is 163 Å². The molecule has 10 heteroatoms. The molecular formula is C18H22N6O3S. The zero-order chi connectivity index (χ0) is 19.7. The molecule has 0 aliphatic carbocycles. The highest BCUT2D eigenvalue weighted by Crippen LogP contribution is 2.22. The molecule has 9 nitrogen and oxygen atoms in total. The summed E-state index contributed by atoms with van der Waals surface area (Å²) in [6.45, 7) is 6.21. The van der Waals surface area contributed by atoms with Crippen LogP contribution in [0.3, 0.4) is 0 Å². The number of piperazine rings is 1. The van der Waals surface area contributed by atoms with E-state index in [0.717, 1.165) is 5.82 Å². The highest BCUT2D eigenvalue weighted by molar-refractivity contribution is 7.89. The number of hydrogen-bond acceptors (Lipinski definition) is 7. The maximum absolute atomic E-state index is 12.9. The fraction of sp³-hybridized carbons (Fsp3) is 0.389. The Morgan fingerprint density at radius 3 is 2.39 bits per heavy atom. The van der Waals surface area contributed by atoms with Gasteiger partial charge in [-0.05, 0) is 50.2 Å². The lowest BCUT2D eigenvalue weighted by atomic mass is 10.3. The smallest absolute Gasteiger partial charge is 0.243 e. The van der Waals surface area contributed by atoms with Crippen molar-refractivity contribution >= 4 is 21.5 Å². The lowest BCUT2D eigenvalue weighted by Gasteiger charge is -2.34. The molecule has 1 aliphatic heterocycles. The number of ether oxygens (including phenoxy) is 1. The van der Waals surface area contributed by atoms with E-state index >= 15 is 0 Å². The summed E-state index contributed by atoms with van der Waals surface area (Å²) in [7, 11) is -3.53. The second-order valence-corrected chi connectivity index (χ2v) is 8.44. The van der Waals surface area contributed by atoms with E-state index < -0.39 is 10.0 Å². The molecule has 0 unspecified atom stereocenters. The van der Waals surface area contributed by atoms with Gasteiger partial charge in [-0.3, -0.25) is 0 Å². The van der Waals surface area contributed by atoms with Crippen molar-refractivity contribution in [2.45, 2.75) is 18.7 Å². The minimum absolute atomic E-state index is 0.282. The van der Waals surface area contributed by atoms with Crippen LogP contribution >= 0.6 is 0 Å². The van der Waals surface area contributed by atoms with E-state index in [2.05, 4.69) is 20.2 Å². The van der Waals surface area contributed by atoms with Crippen molar-refractivity contribution in [3.63, 3.8) is 0 Å².